The Morgan fingerprint density at radius 2 is 2.03 bits per heavy atom. The van der Waals surface area contributed by atoms with Gasteiger partial charge in [-0.2, -0.15) is 0 Å². The zero-order valence-electron chi connectivity index (χ0n) is 16.8. The number of anilines is 2. The molecule has 1 aromatic heterocycles. The van der Waals surface area contributed by atoms with Crippen LogP contribution in [0.5, 0.6) is 5.75 Å². The first kappa shape index (κ1) is 19.0. The second-order valence-corrected chi connectivity index (χ2v) is 7.32. The highest BCUT2D eigenvalue weighted by atomic mass is 16.5. The molecule has 0 bridgehead atoms. The Morgan fingerprint density at radius 3 is 2.83 bits per heavy atom. The summed E-state index contributed by atoms with van der Waals surface area (Å²) in [6.07, 6.45) is 3.48. The number of nitrogens with zero attached hydrogens (tertiary/aromatic N) is 2. The van der Waals surface area contributed by atoms with Crippen LogP contribution in [0.3, 0.4) is 0 Å². The molecule has 1 unspecified atom stereocenters. The molecule has 2 heterocycles. The lowest BCUT2D eigenvalue weighted by Crippen LogP contribution is -2.36. The number of ether oxygens (including phenoxy) is 1. The van der Waals surface area contributed by atoms with Crippen molar-refractivity contribution in [1.29, 1.82) is 0 Å². The van der Waals surface area contributed by atoms with Gasteiger partial charge in [-0.15, -0.1) is 0 Å². The molecule has 5 heteroatoms. The summed E-state index contributed by atoms with van der Waals surface area (Å²) in [5, 5.41) is 3.36. The fourth-order valence-electron chi connectivity index (χ4n) is 3.80. The highest BCUT2D eigenvalue weighted by Crippen LogP contribution is 2.32. The molecule has 1 amide bonds. The highest BCUT2D eigenvalue weighted by Gasteiger charge is 2.31. The van der Waals surface area contributed by atoms with Crippen LogP contribution in [0.1, 0.15) is 28.5 Å². The van der Waals surface area contributed by atoms with Crippen LogP contribution in [0.15, 0.2) is 66.9 Å². The quantitative estimate of drug-likeness (QED) is 0.684. The summed E-state index contributed by atoms with van der Waals surface area (Å²) in [7, 11) is 1.67. The summed E-state index contributed by atoms with van der Waals surface area (Å²) >= 11 is 0. The Morgan fingerprint density at radius 1 is 1.17 bits per heavy atom. The van der Waals surface area contributed by atoms with Gasteiger partial charge in [-0.05, 0) is 61.2 Å². The highest BCUT2D eigenvalue weighted by molar-refractivity contribution is 6.06. The number of amides is 1. The number of carbonyl (C=O) groups is 1. The minimum Gasteiger partial charge on any atom is -0.497 e. The molecular formula is C24H25N3O2. The van der Waals surface area contributed by atoms with Gasteiger partial charge in [0.15, 0.2) is 0 Å². The molecule has 1 N–H and O–H groups in total. The molecular weight excluding hydrogens is 362 g/mol. The van der Waals surface area contributed by atoms with Crippen molar-refractivity contribution in [3.8, 4) is 5.75 Å². The lowest BCUT2D eigenvalue weighted by molar-refractivity contribution is 0.0976. The molecule has 1 aliphatic rings. The van der Waals surface area contributed by atoms with Crippen molar-refractivity contribution in [3.05, 3.63) is 83.7 Å². The maximum atomic E-state index is 13.0. The number of pyridine rings is 1. The first-order valence-electron chi connectivity index (χ1n) is 9.90. The Kier molecular flexibility index (Phi) is 5.47. The number of rotatable bonds is 6. The van der Waals surface area contributed by atoms with E-state index in [0.29, 0.717) is 5.69 Å². The SMILES string of the molecule is COc1cccc(CCNc2ccc(C(=O)N3c4ccccc4CC3C)nc2)c1. The van der Waals surface area contributed by atoms with E-state index in [1.165, 1.54) is 11.1 Å². The molecule has 0 saturated carbocycles. The molecule has 5 nitrogen and oxygen atoms in total. The van der Waals surface area contributed by atoms with E-state index >= 15 is 0 Å². The van der Waals surface area contributed by atoms with Crippen LogP contribution < -0.4 is 15.0 Å². The van der Waals surface area contributed by atoms with Gasteiger partial charge in [0.1, 0.15) is 11.4 Å². The summed E-state index contributed by atoms with van der Waals surface area (Å²) < 4.78 is 5.26. The van der Waals surface area contributed by atoms with Gasteiger partial charge in [-0.25, -0.2) is 4.98 Å². The monoisotopic (exact) mass is 387 g/mol. The fraction of sp³-hybridized carbons (Fsp3) is 0.250. The maximum Gasteiger partial charge on any atom is 0.277 e. The van der Waals surface area contributed by atoms with Crippen molar-refractivity contribution in [3.63, 3.8) is 0 Å². The Hall–Kier alpha value is -3.34. The van der Waals surface area contributed by atoms with E-state index in [1.807, 2.05) is 47.4 Å². The largest absolute Gasteiger partial charge is 0.497 e. The van der Waals surface area contributed by atoms with Crippen LogP contribution in [-0.4, -0.2) is 30.6 Å². The molecule has 2 aromatic carbocycles. The third kappa shape index (κ3) is 4.09. The summed E-state index contributed by atoms with van der Waals surface area (Å²) in [6, 6.07) is 20.0. The average molecular weight is 387 g/mol. The first-order chi connectivity index (χ1) is 14.2. The Bertz CT molecular complexity index is 1000. The van der Waals surface area contributed by atoms with Gasteiger partial charge in [0, 0.05) is 18.3 Å². The topological polar surface area (TPSA) is 54.5 Å². The second kappa shape index (κ2) is 8.35. The van der Waals surface area contributed by atoms with E-state index in [9.17, 15) is 4.79 Å². The number of nitrogens with one attached hydrogen (secondary N) is 1. The zero-order chi connectivity index (χ0) is 20.2. The van der Waals surface area contributed by atoms with Gasteiger partial charge < -0.3 is 15.0 Å². The molecule has 0 aliphatic carbocycles. The first-order valence-corrected chi connectivity index (χ1v) is 9.90. The van der Waals surface area contributed by atoms with Crippen molar-refractivity contribution in [2.24, 2.45) is 0 Å². The number of fused-ring (bicyclic) bond motifs is 1. The van der Waals surface area contributed by atoms with E-state index in [2.05, 4.69) is 29.4 Å². The standard InChI is InChI=1S/C24H25N3O2/c1-17-14-19-7-3-4-9-23(19)27(17)24(28)22-11-10-20(16-26-22)25-13-12-18-6-5-8-21(15-18)29-2/h3-11,15-17,25H,12-14H2,1-2H3. The van der Waals surface area contributed by atoms with Crippen molar-refractivity contribution >= 4 is 17.3 Å². The molecule has 0 radical (unpaired) electrons. The molecule has 148 valence electrons. The third-order valence-electron chi connectivity index (χ3n) is 5.29. The molecule has 1 atom stereocenters. The number of hydrogen-bond donors (Lipinski definition) is 1. The van der Waals surface area contributed by atoms with Crippen LogP contribution in [0.2, 0.25) is 0 Å². The normalized spacial score (nSPS) is 15.1. The van der Waals surface area contributed by atoms with E-state index < -0.39 is 0 Å². The van der Waals surface area contributed by atoms with Crippen molar-refractivity contribution in [2.45, 2.75) is 25.8 Å². The minimum absolute atomic E-state index is 0.0506. The fourth-order valence-corrected chi connectivity index (χ4v) is 3.80. The van der Waals surface area contributed by atoms with Gasteiger partial charge in [0.05, 0.1) is 19.0 Å². The molecule has 1 aliphatic heterocycles. The molecule has 29 heavy (non-hydrogen) atoms. The minimum atomic E-state index is -0.0506. The summed E-state index contributed by atoms with van der Waals surface area (Å²) in [4.78, 5) is 19.3. The van der Waals surface area contributed by atoms with Crippen molar-refractivity contribution < 1.29 is 9.53 Å². The lowest BCUT2D eigenvalue weighted by atomic mass is 10.1. The number of methoxy groups -OCH3 is 1. The predicted octanol–water partition coefficient (Wildman–Crippen LogP) is 4.34. The predicted molar refractivity (Wildman–Crippen MR) is 116 cm³/mol. The summed E-state index contributed by atoms with van der Waals surface area (Å²) in [5.74, 6) is 0.815. The second-order valence-electron chi connectivity index (χ2n) is 7.32. The number of aromatic nitrogens is 1. The average Bonchev–Trinajstić information content (AvgIpc) is 3.09. The Labute approximate surface area is 171 Å². The third-order valence-corrected chi connectivity index (χ3v) is 5.29. The number of para-hydroxylation sites is 1. The molecule has 3 aromatic rings. The van der Waals surface area contributed by atoms with Crippen molar-refractivity contribution in [1.82, 2.24) is 4.98 Å². The Balaban J connectivity index is 1.38. The van der Waals surface area contributed by atoms with Gasteiger partial charge >= 0.3 is 0 Å². The summed E-state index contributed by atoms with van der Waals surface area (Å²) in [6.45, 7) is 2.85. The van der Waals surface area contributed by atoms with Crippen LogP contribution >= 0.6 is 0 Å². The van der Waals surface area contributed by atoms with E-state index in [1.54, 1.807) is 19.4 Å². The van der Waals surface area contributed by atoms with Gasteiger partial charge in [-0.1, -0.05) is 30.3 Å². The van der Waals surface area contributed by atoms with Gasteiger partial charge in [0.2, 0.25) is 0 Å². The van der Waals surface area contributed by atoms with Crippen LogP contribution in [-0.2, 0) is 12.8 Å². The number of carbonyl (C=O) groups excluding carboxylic acids is 1. The zero-order valence-corrected chi connectivity index (χ0v) is 16.8. The molecule has 0 fully saturated rings. The van der Waals surface area contributed by atoms with E-state index in [-0.39, 0.29) is 11.9 Å². The van der Waals surface area contributed by atoms with E-state index in [0.717, 1.165) is 36.5 Å². The summed E-state index contributed by atoms with van der Waals surface area (Å²) in [5.41, 5.74) is 4.78. The van der Waals surface area contributed by atoms with E-state index in [4.69, 9.17) is 4.74 Å². The van der Waals surface area contributed by atoms with Gasteiger partial charge in [-0.3, -0.25) is 4.79 Å². The van der Waals surface area contributed by atoms with Crippen molar-refractivity contribution in [2.75, 3.05) is 23.9 Å². The number of benzene rings is 2. The maximum absolute atomic E-state index is 13.0. The van der Waals surface area contributed by atoms with Gasteiger partial charge in [0.25, 0.3) is 5.91 Å². The van der Waals surface area contributed by atoms with Crippen LogP contribution in [0.4, 0.5) is 11.4 Å². The number of hydrogen-bond acceptors (Lipinski definition) is 4. The molecule has 4 rings (SSSR count). The van der Waals surface area contributed by atoms with Crippen LogP contribution in [0, 0.1) is 0 Å². The molecule has 0 spiro atoms. The molecule has 0 saturated heterocycles. The smallest absolute Gasteiger partial charge is 0.277 e. The lowest BCUT2D eigenvalue weighted by Gasteiger charge is -2.22. The van der Waals surface area contributed by atoms with Crippen LogP contribution in [0.25, 0.3) is 0 Å².